The third-order valence-corrected chi connectivity index (χ3v) is 2.78. The number of phenols is 1. The lowest BCUT2D eigenvalue weighted by atomic mass is 9.99. The van der Waals surface area contributed by atoms with Crippen LogP contribution in [0, 0.1) is 11.3 Å². The van der Waals surface area contributed by atoms with Crippen molar-refractivity contribution in [2.24, 2.45) is 11.0 Å². The number of nitrogens with zero attached hydrogens (tertiary/aromatic N) is 2. The van der Waals surface area contributed by atoms with Gasteiger partial charge in [-0.2, -0.15) is 5.10 Å². The summed E-state index contributed by atoms with van der Waals surface area (Å²) in [4.78, 5) is 0. The van der Waals surface area contributed by atoms with E-state index in [4.69, 9.17) is 10.5 Å². The van der Waals surface area contributed by atoms with Gasteiger partial charge in [-0.3, -0.25) is 5.41 Å². The minimum atomic E-state index is -0.329. The molecule has 0 saturated heterocycles. The third-order valence-electron chi connectivity index (χ3n) is 2.78. The Kier molecular flexibility index (Phi) is 3.10. The average molecular weight is 233 g/mol. The van der Waals surface area contributed by atoms with Crippen molar-refractivity contribution in [3.8, 4) is 5.75 Å². The Balaban J connectivity index is 2.33. The van der Waals surface area contributed by atoms with Crippen LogP contribution in [0.25, 0.3) is 0 Å². The summed E-state index contributed by atoms with van der Waals surface area (Å²) in [6.45, 7) is 2.21. The summed E-state index contributed by atoms with van der Waals surface area (Å²) in [6.07, 6.45) is 0. The van der Waals surface area contributed by atoms with E-state index in [-0.39, 0.29) is 24.1 Å². The molecule has 90 valence electrons. The molecular weight excluding hydrogens is 218 g/mol. The van der Waals surface area contributed by atoms with Gasteiger partial charge in [-0.1, -0.05) is 19.1 Å². The zero-order valence-corrected chi connectivity index (χ0v) is 9.59. The standard InChI is InChI=1S/C12H15N3O2/c1-8-6-15(11(13)7-16)14-12(8)9-4-2-3-5-10(9)17/h2-5,8,13,16-17H,6-7H2,1H3. The number of rotatable bonds is 2. The second-order valence-electron chi connectivity index (χ2n) is 4.09. The minimum Gasteiger partial charge on any atom is -0.507 e. The molecule has 3 N–H and O–H groups in total. The number of nitrogens with one attached hydrogen (secondary N) is 1. The molecule has 0 bridgehead atoms. The van der Waals surface area contributed by atoms with Gasteiger partial charge in [0.1, 0.15) is 18.2 Å². The number of phenolic OH excluding ortho intramolecular Hbond substituents is 1. The topological polar surface area (TPSA) is 79.9 Å². The molecule has 1 atom stereocenters. The maximum atomic E-state index is 9.77. The first-order valence-electron chi connectivity index (χ1n) is 5.46. The molecule has 1 aromatic rings. The third kappa shape index (κ3) is 2.14. The van der Waals surface area contributed by atoms with Crippen molar-refractivity contribution in [3.05, 3.63) is 29.8 Å². The fourth-order valence-corrected chi connectivity index (χ4v) is 1.88. The second kappa shape index (κ2) is 4.55. The maximum Gasteiger partial charge on any atom is 0.143 e. The van der Waals surface area contributed by atoms with Crippen LogP contribution in [0.2, 0.25) is 0 Å². The second-order valence-corrected chi connectivity index (χ2v) is 4.09. The zero-order valence-electron chi connectivity index (χ0n) is 9.59. The van der Waals surface area contributed by atoms with Crippen molar-refractivity contribution < 1.29 is 10.2 Å². The van der Waals surface area contributed by atoms with E-state index in [9.17, 15) is 5.11 Å². The predicted octanol–water partition coefficient (Wildman–Crippen LogP) is 1.02. The molecule has 1 unspecified atom stereocenters. The maximum absolute atomic E-state index is 9.77. The normalized spacial score (nSPS) is 19.3. The summed E-state index contributed by atoms with van der Waals surface area (Å²) in [5, 5.41) is 32.0. The highest BCUT2D eigenvalue weighted by molar-refractivity contribution is 6.06. The van der Waals surface area contributed by atoms with Gasteiger partial charge in [0.15, 0.2) is 0 Å². The summed E-state index contributed by atoms with van der Waals surface area (Å²) in [7, 11) is 0. The Morgan fingerprint density at radius 1 is 1.53 bits per heavy atom. The van der Waals surface area contributed by atoms with Crippen molar-refractivity contribution in [2.75, 3.05) is 13.2 Å². The van der Waals surface area contributed by atoms with Crippen molar-refractivity contribution in [1.82, 2.24) is 5.01 Å². The molecule has 0 aliphatic carbocycles. The summed E-state index contributed by atoms with van der Waals surface area (Å²) < 4.78 is 0. The quantitative estimate of drug-likeness (QED) is 0.527. The molecule has 1 aromatic carbocycles. The SMILES string of the molecule is CC1CN(C(=N)CO)N=C1c1ccccc1O. The largest absolute Gasteiger partial charge is 0.507 e. The molecule has 1 aliphatic heterocycles. The van der Waals surface area contributed by atoms with Crippen LogP contribution in [0.3, 0.4) is 0 Å². The molecule has 0 radical (unpaired) electrons. The van der Waals surface area contributed by atoms with Gasteiger partial charge in [-0.15, -0.1) is 0 Å². The van der Waals surface area contributed by atoms with E-state index in [1.807, 2.05) is 13.0 Å². The first-order chi connectivity index (χ1) is 8.13. The van der Waals surface area contributed by atoms with Crippen LogP contribution >= 0.6 is 0 Å². The van der Waals surface area contributed by atoms with E-state index in [0.29, 0.717) is 12.1 Å². The van der Waals surface area contributed by atoms with Crippen LogP contribution in [0.15, 0.2) is 29.4 Å². The number of aliphatic hydroxyl groups is 1. The molecule has 0 amide bonds. The van der Waals surface area contributed by atoms with Gasteiger partial charge in [0.05, 0.1) is 12.3 Å². The first-order valence-corrected chi connectivity index (χ1v) is 5.46. The molecule has 1 heterocycles. The van der Waals surface area contributed by atoms with E-state index in [2.05, 4.69) is 5.10 Å². The van der Waals surface area contributed by atoms with Gasteiger partial charge < -0.3 is 10.2 Å². The number of aliphatic hydroxyl groups excluding tert-OH is 1. The molecule has 5 nitrogen and oxygen atoms in total. The highest BCUT2D eigenvalue weighted by Gasteiger charge is 2.27. The van der Waals surface area contributed by atoms with E-state index in [1.165, 1.54) is 5.01 Å². The van der Waals surface area contributed by atoms with E-state index < -0.39 is 0 Å². The minimum absolute atomic E-state index is 0.0715. The molecule has 0 spiro atoms. The number of hydrogen-bond acceptors (Lipinski definition) is 4. The van der Waals surface area contributed by atoms with Crippen molar-refractivity contribution in [1.29, 1.82) is 5.41 Å². The van der Waals surface area contributed by atoms with Gasteiger partial charge in [0.2, 0.25) is 0 Å². The number of benzene rings is 1. The van der Waals surface area contributed by atoms with Crippen molar-refractivity contribution in [2.45, 2.75) is 6.92 Å². The predicted molar refractivity (Wildman–Crippen MR) is 65.3 cm³/mol. The molecule has 2 rings (SSSR count). The van der Waals surface area contributed by atoms with Crippen molar-refractivity contribution >= 4 is 11.5 Å². The van der Waals surface area contributed by atoms with Gasteiger partial charge in [-0.25, -0.2) is 5.01 Å². The number of hydrazone groups is 1. The van der Waals surface area contributed by atoms with Crippen LogP contribution in [-0.2, 0) is 0 Å². The monoisotopic (exact) mass is 233 g/mol. The average Bonchev–Trinajstić information content (AvgIpc) is 2.71. The number of para-hydroxylation sites is 1. The fraction of sp³-hybridized carbons (Fsp3) is 0.333. The lowest BCUT2D eigenvalue weighted by Crippen LogP contribution is -2.27. The molecule has 1 aliphatic rings. The number of aromatic hydroxyl groups is 1. The summed E-state index contributed by atoms with van der Waals surface area (Å²) >= 11 is 0. The molecular formula is C12H15N3O2. The van der Waals surface area contributed by atoms with E-state index in [1.54, 1.807) is 18.2 Å². The zero-order chi connectivity index (χ0) is 12.4. The van der Waals surface area contributed by atoms with Crippen LogP contribution < -0.4 is 0 Å². The van der Waals surface area contributed by atoms with Gasteiger partial charge in [-0.05, 0) is 12.1 Å². The number of hydrogen-bond donors (Lipinski definition) is 3. The van der Waals surface area contributed by atoms with Gasteiger partial charge >= 0.3 is 0 Å². The Morgan fingerprint density at radius 2 is 2.24 bits per heavy atom. The van der Waals surface area contributed by atoms with Crippen LogP contribution in [0.1, 0.15) is 12.5 Å². The van der Waals surface area contributed by atoms with Crippen molar-refractivity contribution in [3.63, 3.8) is 0 Å². The number of amidine groups is 1. The smallest absolute Gasteiger partial charge is 0.143 e. The summed E-state index contributed by atoms with van der Waals surface area (Å²) in [5.74, 6) is 0.382. The van der Waals surface area contributed by atoms with Gasteiger partial charge in [0.25, 0.3) is 0 Å². The van der Waals surface area contributed by atoms with Gasteiger partial charge in [0, 0.05) is 11.5 Å². The van der Waals surface area contributed by atoms with E-state index in [0.717, 1.165) is 5.71 Å². The highest BCUT2D eigenvalue weighted by atomic mass is 16.3. The van der Waals surface area contributed by atoms with E-state index >= 15 is 0 Å². The molecule has 0 saturated carbocycles. The first kappa shape index (κ1) is 11.6. The Labute approximate surface area is 99.5 Å². The lowest BCUT2D eigenvalue weighted by molar-refractivity contribution is 0.323. The van der Waals surface area contributed by atoms with Crippen LogP contribution in [-0.4, -0.2) is 39.9 Å². The molecule has 5 heteroatoms. The molecule has 0 aromatic heterocycles. The Morgan fingerprint density at radius 3 is 2.88 bits per heavy atom. The Hall–Kier alpha value is -1.88. The lowest BCUT2D eigenvalue weighted by Gasteiger charge is -2.12. The highest BCUT2D eigenvalue weighted by Crippen LogP contribution is 2.25. The molecule has 0 fully saturated rings. The Bertz CT molecular complexity index is 471. The summed E-state index contributed by atoms with van der Waals surface area (Å²) in [6, 6.07) is 7.01. The van der Waals surface area contributed by atoms with Crippen LogP contribution in [0.4, 0.5) is 0 Å². The van der Waals surface area contributed by atoms with Crippen LogP contribution in [0.5, 0.6) is 5.75 Å². The fourth-order valence-electron chi connectivity index (χ4n) is 1.88. The summed E-state index contributed by atoms with van der Waals surface area (Å²) in [5.41, 5.74) is 1.44. The molecule has 17 heavy (non-hydrogen) atoms.